The lowest BCUT2D eigenvalue weighted by Gasteiger charge is -2.05. The first-order chi connectivity index (χ1) is 13.0. The van der Waals surface area contributed by atoms with Gasteiger partial charge in [-0.3, -0.25) is 14.2 Å². The molecule has 1 aromatic carbocycles. The van der Waals surface area contributed by atoms with E-state index in [0.717, 1.165) is 29.5 Å². The molecule has 3 heterocycles. The molecule has 136 valence electrons. The Morgan fingerprint density at radius 3 is 2.93 bits per heavy atom. The van der Waals surface area contributed by atoms with Gasteiger partial charge >= 0.3 is 0 Å². The van der Waals surface area contributed by atoms with Gasteiger partial charge in [0, 0.05) is 10.9 Å². The fourth-order valence-electron chi connectivity index (χ4n) is 2.47. The summed E-state index contributed by atoms with van der Waals surface area (Å²) in [6.07, 6.45) is 1.32. The van der Waals surface area contributed by atoms with Gasteiger partial charge in [-0.05, 0) is 29.6 Å². The third-order valence-electron chi connectivity index (χ3n) is 3.72. The van der Waals surface area contributed by atoms with Gasteiger partial charge < -0.3 is 5.32 Å². The summed E-state index contributed by atoms with van der Waals surface area (Å²) in [5.74, 6) is -1.67. The van der Waals surface area contributed by atoms with Crippen LogP contribution < -0.4 is 10.9 Å². The normalized spacial score (nSPS) is 11.0. The molecule has 0 atom stereocenters. The van der Waals surface area contributed by atoms with Gasteiger partial charge in [0.1, 0.15) is 23.0 Å². The Bertz CT molecular complexity index is 1220. The first-order valence-corrected chi connectivity index (χ1v) is 9.40. The van der Waals surface area contributed by atoms with Crippen molar-refractivity contribution in [2.45, 2.75) is 6.54 Å². The van der Waals surface area contributed by atoms with E-state index in [1.807, 2.05) is 0 Å². The number of halogens is 2. The average molecular weight is 404 g/mol. The molecular formula is C17H10F2N4O2S2. The number of anilines is 1. The molecule has 0 fully saturated rings. The Hall–Kier alpha value is -2.98. The number of aromatic nitrogens is 3. The zero-order valence-corrected chi connectivity index (χ0v) is 15.1. The van der Waals surface area contributed by atoms with E-state index >= 15 is 0 Å². The lowest BCUT2D eigenvalue weighted by atomic mass is 10.1. The number of thiophene rings is 1. The van der Waals surface area contributed by atoms with Gasteiger partial charge in [-0.2, -0.15) is 0 Å². The number of nitrogens with one attached hydrogen (secondary N) is 1. The second kappa shape index (κ2) is 6.97. The fourth-order valence-corrected chi connectivity index (χ4v) is 3.92. The lowest BCUT2D eigenvalue weighted by Crippen LogP contribution is -2.27. The van der Waals surface area contributed by atoms with Crippen LogP contribution in [0.3, 0.4) is 0 Å². The highest BCUT2D eigenvalue weighted by atomic mass is 32.1. The molecule has 4 rings (SSSR count). The van der Waals surface area contributed by atoms with Crippen molar-refractivity contribution in [3.63, 3.8) is 0 Å². The van der Waals surface area contributed by atoms with E-state index in [9.17, 15) is 18.4 Å². The first kappa shape index (κ1) is 17.4. The van der Waals surface area contributed by atoms with E-state index in [1.54, 1.807) is 11.4 Å². The second-order valence-electron chi connectivity index (χ2n) is 5.53. The molecule has 0 saturated carbocycles. The van der Waals surface area contributed by atoms with E-state index in [4.69, 9.17) is 0 Å². The van der Waals surface area contributed by atoms with E-state index < -0.39 is 17.5 Å². The van der Waals surface area contributed by atoms with Crippen LogP contribution in [0.1, 0.15) is 0 Å². The maximum atomic E-state index is 13.8. The molecular weight excluding hydrogens is 394 g/mol. The van der Waals surface area contributed by atoms with Crippen molar-refractivity contribution in [2.24, 2.45) is 0 Å². The van der Waals surface area contributed by atoms with Crippen LogP contribution in [-0.4, -0.2) is 20.4 Å². The number of amides is 1. The molecule has 1 N–H and O–H groups in total. The van der Waals surface area contributed by atoms with Crippen LogP contribution in [0.2, 0.25) is 0 Å². The Morgan fingerprint density at radius 2 is 2.07 bits per heavy atom. The molecule has 4 aromatic rings. The molecule has 0 bridgehead atoms. The van der Waals surface area contributed by atoms with Gasteiger partial charge in [-0.25, -0.2) is 18.7 Å². The van der Waals surface area contributed by atoms with Gasteiger partial charge in [-0.15, -0.1) is 22.7 Å². The van der Waals surface area contributed by atoms with E-state index in [-0.39, 0.29) is 28.5 Å². The molecule has 0 saturated heterocycles. The summed E-state index contributed by atoms with van der Waals surface area (Å²) in [7, 11) is 0. The van der Waals surface area contributed by atoms with Crippen molar-refractivity contribution in [1.29, 1.82) is 0 Å². The highest BCUT2D eigenvalue weighted by Crippen LogP contribution is 2.27. The number of benzene rings is 1. The van der Waals surface area contributed by atoms with Crippen LogP contribution >= 0.6 is 22.7 Å². The predicted molar refractivity (Wildman–Crippen MR) is 100.0 cm³/mol. The van der Waals surface area contributed by atoms with Crippen LogP contribution in [-0.2, 0) is 11.3 Å². The van der Waals surface area contributed by atoms with Crippen LogP contribution in [0.15, 0.2) is 46.1 Å². The maximum absolute atomic E-state index is 13.8. The standard InChI is InChI=1S/C17H10F2N4O2S2/c18-9-1-2-12(19)11(5-9)13-7-27-17(21-13)22-14(24)6-23-8-20-15-10(16(23)25)3-4-26-15/h1-5,7-8H,6H2,(H,21,22,24). The topological polar surface area (TPSA) is 76.9 Å². The Kier molecular flexibility index (Phi) is 4.50. The van der Waals surface area contributed by atoms with Gasteiger partial charge in [-0.1, -0.05) is 0 Å². The summed E-state index contributed by atoms with van der Waals surface area (Å²) in [6.45, 7) is -0.235. The van der Waals surface area contributed by atoms with Crippen LogP contribution in [0, 0.1) is 11.6 Å². The Labute approximate surface area is 158 Å². The van der Waals surface area contributed by atoms with E-state index in [0.29, 0.717) is 10.2 Å². The van der Waals surface area contributed by atoms with Crippen LogP contribution in [0.5, 0.6) is 0 Å². The average Bonchev–Trinajstić information content (AvgIpc) is 3.29. The zero-order valence-electron chi connectivity index (χ0n) is 13.5. The second-order valence-corrected chi connectivity index (χ2v) is 7.28. The summed E-state index contributed by atoms with van der Waals surface area (Å²) in [5.41, 5.74) is -0.0843. The van der Waals surface area contributed by atoms with Gasteiger partial charge in [0.2, 0.25) is 5.91 Å². The van der Waals surface area contributed by atoms with Crippen molar-refractivity contribution >= 4 is 43.9 Å². The summed E-state index contributed by atoms with van der Waals surface area (Å²) in [6, 6.07) is 4.73. The van der Waals surface area contributed by atoms with Crippen LogP contribution in [0.4, 0.5) is 13.9 Å². The summed E-state index contributed by atoms with van der Waals surface area (Å²) in [4.78, 5) is 33.4. The number of rotatable bonds is 4. The Morgan fingerprint density at radius 1 is 1.22 bits per heavy atom. The number of carbonyl (C=O) groups is 1. The van der Waals surface area contributed by atoms with Crippen LogP contribution in [0.25, 0.3) is 21.5 Å². The third-order valence-corrected chi connectivity index (χ3v) is 5.30. The summed E-state index contributed by atoms with van der Waals surface area (Å²) >= 11 is 2.42. The SMILES string of the molecule is O=C(Cn1cnc2sccc2c1=O)Nc1nc(-c2cc(F)ccc2F)cs1. The van der Waals surface area contributed by atoms with Gasteiger partial charge in [0.15, 0.2) is 5.13 Å². The molecule has 6 nitrogen and oxygen atoms in total. The number of fused-ring (bicyclic) bond motifs is 1. The quantitative estimate of drug-likeness (QED) is 0.565. The van der Waals surface area contributed by atoms with Crippen molar-refractivity contribution < 1.29 is 13.6 Å². The molecule has 3 aromatic heterocycles. The number of hydrogen-bond donors (Lipinski definition) is 1. The molecule has 1 amide bonds. The van der Waals surface area contributed by atoms with Crippen molar-refractivity contribution in [2.75, 3.05) is 5.32 Å². The molecule has 0 aliphatic heterocycles. The third kappa shape index (κ3) is 3.49. The number of nitrogens with zero attached hydrogens (tertiary/aromatic N) is 3. The minimum atomic E-state index is -0.610. The Balaban J connectivity index is 1.51. The molecule has 0 spiro atoms. The number of carbonyl (C=O) groups excluding carboxylic acids is 1. The number of thiazole rings is 1. The lowest BCUT2D eigenvalue weighted by molar-refractivity contribution is -0.116. The van der Waals surface area contributed by atoms with E-state index in [2.05, 4.69) is 15.3 Å². The number of hydrogen-bond acceptors (Lipinski definition) is 6. The zero-order chi connectivity index (χ0) is 19.0. The van der Waals surface area contributed by atoms with Gasteiger partial charge in [0.25, 0.3) is 5.56 Å². The minimum absolute atomic E-state index is 0.00933. The van der Waals surface area contributed by atoms with Crippen molar-refractivity contribution in [3.8, 4) is 11.3 Å². The van der Waals surface area contributed by atoms with Crippen molar-refractivity contribution in [1.82, 2.24) is 14.5 Å². The molecule has 0 radical (unpaired) electrons. The molecule has 10 heteroatoms. The fraction of sp³-hybridized carbons (Fsp3) is 0.0588. The maximum Gasteiger partial charge on any atom is 0.262 e. The molecule has 0 aliphatic rings. The van der Waals surface area contributed by atoms with Crippen molar-refractivity contribution in [3.05, 3.63) is 63.3 Å². The largest absolute Gasteiger partial charge is 0.300 e. The van der Waals surface area contributed by atoms with E-state index in [1.165, 1.54) is 27.6 Å². The smallest absolute Gasteiger partial charge is 0.262 e. The first-order valence-electron chi connectivity index (χ1n) is 7.65. The molecule has 0 unspecified atom stereocenters. The predicted octanol–water partition coefficient (Wildman–Crippen LogP) is 3.50. The highest BCUT2D eigenvalue weighted by molar-refractivity contribution is 7.16. The highest BCUT2D eigenvalue weighted by Gasteiger charge is 2.13. The van der Waals surface area contributed by atoms with Gasteiger partial charge in [0.05, 0.1) is 17.4 Å². The molecule has 27 heavy (non-hydrogen) atoms. The summed E-state index contributed by atoms with van der Waals surface area (Å²) in [5, 5.41) is 6.49. The molecule has 0 aliphatic carbocycles. The monoisotopic (exact) mass is 404 g/mol. The minimum Gasteiger partial charge on any atom is -0.300 e. The summed E-state index contributed by atoms with van der Waals surface area (Å²) < 4.78 is 28.3.